The second-order valence-electron chi connectivity index (χ2n) is 4.37. The number of rotatable bonds is 4. The van der Waals surface area contributed by atoms with Crippen LogP contribution in [0.25, 0.3) is 0 Å². The first-order valence-corrected chi connectivity index (χ1v) is 7.58. The highest BCUT2D eigenvalue weighted by Gasteiger charge is 2.09. The summed E-state index contributed by atoms with van der Waals surface area (Å²) >= 11 is 6.91. The van der Waals surface area contributed by atoms with E-state index in [0.29, 0.717) is 12.1 Å². The fraction of sp³-hybridized carbons (Fsp3) is 0.200. The lowest BCUT2D eigenvalue weighted by molar-refractivity contribution is 0.528. The smallest absolute Gasteiger partial charge is 0.127 e. The number of nitrogens with one attached hydrogen (secondary N) is 1. The van der Waals surface area contributed by atoms with Gasteiger partial charge in [0.1, 0.15) is 5.82 Å². The summed E-state index contributed by atoms with van der Waals surface area (Å²) in [6, 6.07) is 12.9. The highest BCUT2D eigenvalue weighted by atomic mass is 79.9. The molecular formula is C15H14Br2FN. The van der Waals surface area contributed by atoms with Crippen LogP contribution in [0.1, 0.15) is 24.1 Å². The molecule has 19 heavy (non-hydrogen) atoms. The van der Waals surface area contributed by atoms with Gasteiger partial charge in [-0.25, -0.2) is 4.39 Å². The van der Waals surface area contributed by atoms with Gasteiger partial charge in [0.25, 0.3) is 0 Å². The van der Waals surface area contributed by atoms with Crippen molar-refractivity contribution in [1.29, 1.82) is 0 Å². The van der Waals surface area contributed by atoms with Crippen molar-refractivity contribution in [2.45, 2.75) is 19.5 Å². The first-order chi connectivity index (χ1) is 9.08. The zero-order valence-electron chi connectivity index (χ0n) is 10.5. The van der Waals surface area contributed by atoms with E-state index >= 15 is 0 Å². The van der Waals surface area contributed by atoms with Crippen LogP contribution in [0.4, 0.5) is 4.39 Å². The first kappa shape index (κ1) is 14.7. The fourth-order valence-corrected chi connectivity index (χ4v) is 2.53. The lowest BCUT2D eigenvalue weighted by atomic mass is 10.1. The molecule has 0 aliphatic carbocycles. The second-order valence-corrected chi connectivity index (χ2v) is 6.08. The molecule has 0 aliphatic heterocycles. The molecule has 100 valence electrons. The first-order valence-electron chi connectivity index (χ1n) is 5.99. The van der Waals surface area contributed by atoms with Crippen LogP contribution in [0.3, 0.4) is 0 Å². The van der Waals surface area contributed by atoms with E-state index in [1.165, 1.54) is 6.07 Å². The van der Waals surface area contributed by atoms with Gasteiger partial charge in [-0.15, -0.1) is 0 Å². The number of hydrogen-bond donors (Lipinski definition) is 1. The zero-order valence-corrected chi connectivity index (χ0v) is 13.6. The topological polar surface area (TPSA) is 12.0 Å². The average molecular weight is 387 g/mol. The van der Waals surface area contributed by atoms with E-state index in [1.807, 2.05) is 37.3 Å². The van der Waals surface area contributed by atoms with Crippen molar-refractivity contribution in [3.8, 4) is 0 Å². The summed E-state index contributed by atoms with van der Waals surface area (Å²) in [5.41, 5.74) is 1.84. The number of hydrogen-bond acceptors (Lipinski definition) is 1. The van der Waals surface area contributed by atoms with E-state index in [-0.39, 0.29) is 11.9 Å². The van der Waals surface area contributed by atoms with Gasteiger partial charge >= 0.3 is 0 Å². The Labute approximate surface area is 129 Å². The van der Waals surface area contributed by atoms with Gasteiger partial charge in [-0.1, -0.05) is 24.3 Å². The summed E-state index contributed by atoms with van der Waals surface area (Å²) in [5.74, 6) is -0.167. The Morgan fingerprint density at radius 3 is 2.53 bits per heavy atom. The molecular weight excluding hydrogens is 373 g/mol. The van der Waals surface area contributed by atoms with Gasteiger partial charge in [0.15, 0.2) is 0 Å². The Bertz CT molecular complexity index is 572. The lowest BCUT2D eigenvalue weighted by Gasteiger charge is -2.15. The van der Waals surface area contributed by atoms with Gasteiger partial charge < -0.3 is 5.32 Å². The minimum atomic E-state index is -0.167. The standard InChI is InChI=1S/C15H14Br2FN/c1-10(12-4-2-3-5-15(12)18)19-9-11-6-7-13(16)14(17)8-11/h2-8,10,19H,9H2,1H3/t10-/m1/s1. The van der Waals surface area contributed by atoms with Gasteiger partial charge in [-0.2, -0.15) is 0 Å². The quantitative estimate of drug-likeness (QED) is 0.761. The maximum Gasteiger partial charge on any atom is 0.127 e. The largest absolute Gasteiger partial charge is 0.306 e. The third-order valence-corrected chi connectivity index (χ3v) is 4.85. The molecule has 0 unspecified atom stereocenters. The number of halogens is 3. The molecule has 0 saturated carbocycles. The summed E-state index contributed by atoms with van der Waals surface area (Å²) < 4.78 is 15.7. The van der Waals surface area contributed by atoms with E-state index < -0.39 is 0 Å². The minimum Gasteiger partial charge on any atom is -0.306 e. The summed E-state index contributed by atoms with van der Waals surface area (Å²) in [4.78, 5) is 0. The van der Waals surface area contributed by atoms with Crippen molar-refractivity contribution in [3.05, 3.63) is 68.4 Å². The van der Waals surface area contributed by atoms with Crippen LogP contribution in [0.2, 0.25) is 0 Å². The van der Waals surface area contributed by atoms with E-state index in [2.05, 4.69) is 37.2 Å². The zero-order chi connectivity index (χ0) is 13.8. The molecule has 2 rings (SSSR count). The van der Waals surface area contributed by atoms with Crippen LogP contribution in [0.5, 0.6) is 0 Å². The maximum absolute atomic E-state index is 13.6. The molecule has 1 N–H and O–H groups in total. The van der Waals surface area contributed by atoms with Crippen molar-refractivity contribution in [1.82, 2.24) is 5.32 Å². The Morgan fingerprint density at radius 2 is 1.84 bits per heavy atom. The van der Waals surface area contributed by atoms with Crippen molar-refractivity contribution < 1.29 is 4.39 Å². The molecule has 0 saturated heterocycles. The van der Waals surface area contributed by atoms with Crippen LogP contribution in [0, 0.1) is 5.82 Å². The molecule has 1 nitrogen and oxygen atoms in total. The minimum absolute atomic E-state index is 0.0244. The van der Waals surface area contributed by atoms with Crippen LogP contribution in [0.15, 0.2) is 51.4 Å². The van der Waals surface area contributed by atoms with E-state index in [9.17, 15) is 4.39 Å². The van der Waals surface area contributed by atoms with Crippen molar-refractivity contribution in [2.75, 3.05) is 0 Å². The normalized spacial score (nSPS) is 12.4. The van der Waals surface area contributed by atoms with Crippen molar-refractivity contribution in [2.24, 2.45) is 0 Å². The summed E-state index contributed by atoms with van der Waals surface area (Å²) in [5, 5.41) is 3.33. The van der Waals surface area contributed by atoms with Gasteiger partial charge in [0.05, 0.1) is 0 Å². The third-order valence-electron chi connectivity index (χ3n) is 2.97. The predicted octanol–water partition coefficient (Wildman–Crippen LogP) is 5.20. The van der Waals surface area contributed by atoms with Gasteiger partial charge in [0.2, 0.25) is 0 Å². The lowest BCUT2D eigenvalue weighted by Crippen LogP contribution is -2.19. The van der Waals surface area contributed by atoms with E-state index in [1.54, 1.807) is 6.07 Å². The third kappa shape index (κ3) is 3.88. The van der Waals surface area contributed by atoms with E-state index in [0.717, 1.165) is 14.5 Å². The maximum atomic E-state index is 13.6. The van der Waals surface area contributed by atoms with Crippen molar-refractivity contribution in [3.63, 3.8) is 0 Å². The van der Waals surface area contributed by atoms with Crippen molar-refractivity contribution >= 4 is 31.9 Å². The average Bonchev–Trinajstić information content (AvgIpc) is 2.40. The Kier molecular flexibility index (Phi) is 5.13. The Balaban J connectivity index is 2.02. The monoisotopic (exact) mass is 385 g/mol. The molecule has 0 spiro atoms. The molecule has 2 aromatic carbocycles. The van der Waals surface area contributed by atoms with Crippen LogP contribution >= 0.6 is 31.9 Å². The SMILES string of the molecule is C[C@@H](NCc1ccc(Br)c(Br)c1)c1ccccc1F. The van der Waals surface area contributed by atoms with Crippen LogP contribution < -0.4 is 5.32 Å². The Hall–Kier alpha value is -0.710. The summed E-state index contributed by atoms with van der Waals surface area (Å²) in [7, 11) is 0. The van der Waals surface area contributed by atoms with Gasteiger partial charge in [-0.05, 0) is 62.5 Å². The molecule has 0 aromatic heterocycles. The molecule has 0 aliphatic rings. The number of benzene rings is 2. The molecule has 0 fully saturated rings. The molecule has 2 aromatic rings. The molecule has 0 bridgehead atoms. The van der Waals surface area contributed by atoms with Gasteiger partial charge in [-0.3, -0.25) is 0 Å². The van der Waals surface area contributed by atoms with Crippen LogP contribution in [-0.2, 0) is 6.54 Å². The molecule has 0 heterocycles. The summed E-state index contributed by atoms with van der Waals surface area (Å²) in [6.45, 7) is 2.66. The Morgan fingerprint density at radius 1 is 1.11 bits per heavy atom. The fourth-order valence-electron chi connectivity index (χ4n) is 1.86. The second kappa shape index (κ2) is 6.64. The summed E-state index contributed by atoms with van der Waals surface area (Å²) in [6.07, 6.45) is 0. The highest BCUT2D eigenvalue weighted by molar-refractivity contribution is 9.13. The van der Waals surface area contributed by atoms with Gasteiger partial charge in [0, 0.05) is 27.1 Å². The van der Waals surface area contributed by atoms with E-state index in [4.69, 9.17) is 0 Å². The van der Waals surface area contributed by atoms with Crippen LogP contribution in [-0.4, -0.2) is 0 Å². The molecule has 0 amide bonds. The molecule has 0 radical (unpaired) electrons. The molecule has 4 heteroatoms. The molecule has 1 atom stereocenters. The highest BCUT2D eigenvalue weighted by Crippen LogP contribution is 2.24. The predicted molar refractivity (Wildman–Crippen MR) is 83.5 cm³/mol.